The van der Waals surface area contributed by atoms with Gasteiger partial charge in [-0.05, 0) is 51.4 Å². The van der Waals surface area contributed by atoms with Gasteiger partial charge in [0.25, 0.3) is 0 Å². The Morgan fingerprint density at radius 2 is 1.97 bits per heavy atom. The number of hydrogen-bond acceptors (Lipinski definition) is 5. The van der Waals surface area contributed by atoms with Crippen LogP contribution in [0.1, 0.15) is 113 Å². The number of esters is 1. The maximum absolute atomic E-state index is 13.4. The van der Waals surface area contributed by atoms with Crippen molar-refractivity contribution >= 4 is 19.9 Å². The Balaban J connectivity index is 2.35. The third kappa shape index (κ3) is 5.49. The van der Waals surface area contributed by atoms with Crippen molar-refractivity contribution in [2.45, 2.75) is 105 Å². The molecular formula is C28H45NO4Si-. The van der Waals surface area contributed by atoms with E-state index in [1.807, 2.05) is 6.92 Å². The zero-order valence-electron chi connectivity index (χ0n) is 23.1. The van der Waals surface area contributed by atoms with Gasteiger partial charge in [-0.25, -0.2) is 4.79 Å². The lowest BCUT2D eigenvalue weighted by Crippen LogP contribution is -2.44. The SMILES string of the molecule is CCOC(=O)c1c(C(C)C)nc2c(c1C1=CCOCC1)C(O[Si-](C)(C)C(C)(C)C)CC(C)(C)C2. The molecule has 0 bridgehead atoms. The Labute approximate surface area is 207 Å². The molecule has 2 aliphatic rings. The maximum Gasteiger partial charge on any atom is 0.340 e. The van der Waals surface area contributed by atoms with Crippen molar-refractivity contribution in [2.24, 2.45) is 5.41 Å². The van der Waals surface area contributed by atoms with Gasteiger partial charge in [-0.3, -0.25) is 4.98 Å². The summed E-state index contributed by atoms with van der Waals surface area (Å²) in [7, 11) is -2.08. The third-order valence-corrected chi connectivity index (χ3v) is 12.1. The highest BCUT2D eigenvalue weighted by molar-refractivity contribution is 6.74. The van der Waals surface area contributed by atoms with Crippen LogP contribution in [-0.4, -0.2) is 39.1 Å². The standard InChI is InChI=1S/C28H45NO4Si/c1-11-32-26(30)24-22(19-12-14-31-15-13-19)23-20(29-25(24)18(2)3)16-28(7,8)17-21(23)33-34(9,10)27(4,5)6/h12,18,21H,11,13-17H2,1-10H3/q-1. The van der Waals surface area contributed by atoms with Crippen molar-refractivity contribution in [3.05, 3.63) is 34.2 Å². The largest absolute Gasteiger partial charge is 0.559 e. The van der Waals surface area contributed by atoms with E-state index in [0.29, 0.717) is 25.4 Å². The lowest BCUT2D eigenvalue weighted by Gasteiger charge is -2.53. The predicted molar refractivity (Wildman–Crippen MR) is 141 cm³/mol. The van der Waals surface area contributed by atoms with Gasteiger partial charge in [0.2, 0.25) is 0 Å². The average Bonchev–Trinajstić information content (AvgIpc) is 2.71. The molecule has 3 rings (SSSR count). The number of carbonyl (C=O) groups excluding carboxylic acids is 1. The first-order valence-electron chi connectivity index (χ1n) is 12.9. The summed E-state index contributed by atoms with van der Waals surface area (Å²) in [6.45, 7) is 23.7. The minimum absolute atomic E-state index is 0.0635. The van der Waals surface area contributed by atoms with Gasteiger partial charge in [0.05, 0.1) is 31.1 Å². The number of ether oxygens (including phenoxy) is 2. The first-order chi connectivity index (χ1) is 15.7. The lowest BCUT2D eigenvalue weighted by atomic mass is 9.71. The van der Waals surface area contributed by atoms with Crippen LogP contribution < -0.4 is 0 Å². The Kier molecular flexibility index (Phi) is 7.86. The molecular weight excluding hydrogens is 442 g/mol. The fraction of sp³-hybridized carbons (Fsp3) is 0.714. The molecule has 2 heterocycles. The van der Waals surface area contributed by atoms with Crippen LogP contribution in [0, 0.1) is 5.41 Å². The van der Waals surface area contributed by atoms with E-state index in [4.69, 9.17) is 18.9 Å². The summed E-state index contributed by atoms with van der Waals surface area (Å²) >= 11 is 0. The quantitative estimate of drug-likeness (QED) is 0.313. The molecule has 0 saturated carbocycles. The molecule has 6 heteroatoms. The van der Waals surface area contributed by atoms with E-state index in [0.717, 1.165) is 41.8 Å². The molecule has 5 nitrogen and oxygen atoms in total. The summed E-state index contributed by atoms with van der Waals surface area (Å²) < 4.78 is 18.4. The fourth-order valence-electron chi connectivity index (χ4n) is 4.83. The van der Waals surface area contributed by atoms with Crippen molar-refractivity contribution in [3.63, 3.8) is 0 Å². The van der Waals surface area contributed by atoms with Gasteiger partial charge < -0.3 is 13.9 Å². The predicted octanol–water partition coefficient (Wildman–Crippen LogP) is 7.22. The second-order valence-corrected chi connectivity index (χ2v) is 17.2. The monoisotopic (exact) mass is 487 g/mol. The number of carbonyl (C=O) groups is 1. The van der Waals surface area contributed by atoms with Gasteiger partial charge >= 0.3 is 5.97 Å². The molecule has 0 radical (unpaired) electrons. The number of rotatable bonds is 6. The highest BCUT2D eigenvalue weighted by atomic mass is 28.4. The van der Waals surface area contributed by atoms with Crippen LogP contribution in [0.3, 0.4) is 0 Å². The molecule has 34 heavy (non-hydrogen) atoms. The third-order valence-electron chi connectivity index (χ3n) is 7.60. The maximum atomic E-state index is 13.4. The van der Waals surface area contributed by atoms with E-state index in [1.165, 1.54) is 5.57 Å². The summed E-state index contributed by atoms with van der Waals surface area (Å²) in [6.07, 6.45) is 4.60. The normalized spacial score (nSPS) is 20.7. The molecule has 0 saturated heterocycles. The highest BCUT2D eigenvalue weighted by Gasteiger charge is 2.40. The highest BCUT2D eigenvalue weighted by Crippen LogP contribution is 2.50. The van der Waals surface area contributed by atoms with Crippen LogP contribution in [0.15, 0.2) is 6.08 Å². The molecule has 1 aliphatic carbocycles. The van der Waals surface area contributed by atoms with E-state index in [2.05, 4.69) is 67.6 Å². The van der Waals surface area contributed by atoms with Crippen molar-refractivity contribution in [1.82, 2.24) is 4.98 Å². The van der Waals surface area contributed by atoms with Gasteiger partial charge in [0, 0.05) is 22.9 Å². The molecule has 1 unspecified atom stereocenters. The smallest absolute Gasteiger partial charge is 0.340 e. The van der Waals surface area contributed by atoms with Gasteiger partial charge in [-0.1, -0.05) is 54.5 Å². The molecule has 1 atom stereocenters. The van der Waals surface area contributed by atoms with Crippen LogP contribution in [-0.2, 0) is 20.3 Å². The molecule has 0 fully saturated rings. The van der Waals surface area contributed by atoms with Gasteiger partial charge in [-0.15, -0.1) is 18.1 Å². The molecule has 0 N–H and O–H groups in total. The van der Waals surface area contributed by atoms with Crippen molar-refractivity contribution in [1.29, 1.82) is 0 Å². The van der Waals surface area contributed by atoms with Crippen LogP contribution in [0.5, 0.6) is 0 Å². The molecule has 1 aliphatic heterocycles. The van der Waals surface area contributed by atoms with E-state index < -0.39 is 8.32 Å². The summed E-state index contributed by atoms with van der Waals surface area (Å²) in [4.78, 5) is 18.6. The second kappa shape index (κ2) is 9.86. The minimum Gasteiger partial charge on any atom is -0.559 e. The Morgan fingerprint density at radius 3 is 2.50 bits per heavy atom. The Bertz CT molecular complexity index is 956. The van der Waals surface area contributed by atoms with Gasteiger partial charge in [-0.2, -0.15) is 0 Å². The second-order valence-electron chi connectivity index (χ2n) is 12.4. The summed E-state index contributed by atoms with van der Waals surface area (Å²) in [5.41, 5.74) is 5.90. The number of pyridine rings is 1. The molecule has 191 valence electrons. The van der Waals surface area contributed by atoms with Crippen LogP contribution in [0.2, 0.25) is 18.1 Å². The van der Waals surface area contributed by atoms with Crippen molar-refractivity contribution < 1.29 is 18.7 Å². The molecule has 1 aromatic rings. The average molecular weight is 488 g/mol. The molecule has 0 aromatic carbocycles. The van der Waals surface area contributed by atoms with Crippen molar-refractivity contribution in [2.75, 3.05) is 19.8 Å². The minimum atomic E-state index is -2.08. The fourth-order valence-corrected chi connectivity index (χ4v) is 6.09. The van der Waals surface area contributed by atoms with Gasteiger partial charge in [0.15, 0.2) is 0 Å². The lowest BCUT2D eigenvalue weighted by molar-refractivity contribution is 0.0522. The Morgan fingerprint density at radius 1 is 1.29 bits per heavy atom. The van der Waals surface area contributed by atoms with E-state index >= 15 is 0 Å². The molecule has 0 spiro atoms. The van der Waals surface area contributed by atoms with E-state index in [9.17, 15) is 4.79 Å². The summed E-state index contributed by atoms with van der Waals surface area (Å²) in [5, 5.41) is 0.0855. The number of hydrogen-bond donors (Lipinski definition) is 0. The topological polar surface area (TPSA) is 57.7 Å². The zero-order valence-corrected chi connectivity index (χ0v) is 24.1. The number of aromatic nitrogens is 1. The Hall–Kier alpha value is -1.50. The zero-order chi connectivity index (χ0) is 25.5. The van der Waals surface area contributed by atoms with Crippen LogP contribution in [0.4, 0.5) is 0 Å². The first kappa shape index (κ1) is 27.1. The van der Waals surface area contributed by atoms with Crippen LogP contribution in [0.25, 0.3) is 5.57 Å². The van der Waals surface area contributed by atoms with E-state index in [1.54, 1.807) is 0 Å². The van der Waals surface area contributed by atoms with Crippen molar-refractivity contribution in [3.8, 4) is 0 Å². The van der Waals surface area contributed by atoms with E-state index in [-0.39, 0.29) is 28.4 Å². The first-order valence-corrected chi connectivity index (χ1v) is 15.8. The summed E-state index contributed by atoms with van der Waals surface area (Å²) in [6, 6.07) is 0. The summed E-state index contributed by atoms with van der Waals surface area (Å²) in [5.74, 6) is -0.173. The number of nitrogens with zero attached hydrogens (tertiary/aromatic N) is 1. The van der Waals surface area contributed by atoms with Crippen LogP contribution >= 0.6 is 0 Å². The number of fused-ring (bicyclic) bond motifs is 1. The molecule has 1 aromatic heterocycles. The molecule has 0 amide bonds. The van der Waals surface area contributed by atoms with Gasteiger partial charge in [0.1, 0.15) is 0 Å².